The highest BCUT2D eigenvalue weighted by Gasteiger charge is 2.10. The van der Waals surface area contributed by atoms with Crippen molar-refractivity contribution in [3.05, 3.63) is 35.7 Å². The van der Waals surface area contributed by atoms with Gasteiger partial charge in [0.2, 0.25) is 17.7 Å². The molecule has 1 amide bonds. The Kier molecular flexibility index (Phi) is 6.29. The Balaban J connectivity index is 1.76. The van der Waals surface area contributed by atoms with E-state index >= 15 is 0 Å². The van der Waals surface area contributed by atoms with Crippen LogP contribution in [0.3, 0.4) is 0 Å². The highest BCUT2D eigenvalue weighted by molar-refractivity contribution is 5.75. The summed E-state index contributed by atoms with van der Waals surface area (Å²) in [6, 6.07) is 7.90. The van der Waals surface area contributed by atoms with Crippen molar-refractivity contribution in [2.45, 2.75) is 26.2 Å². The Hall–Kier alpha value is -2.21. The number of amides is 1. The van der Waals surface area contributed by atoms with Crippen LogP contribution in [0.15, 0.2) is 28.7 Å². The zero-order chi connectivity index (χ0) is 16.7. The van der Waals surface area contributed by atoms with Crippen LogP contribution in [0.5, 0.6) is 0 Å². The fourth-order valence-electron chi connectivity index (χ4n) is 2.10. The number of hydrogen-bond donors (Lipinski definition) is 1. The summed E-state index contributed by atoms with van der Waals surface area (Å²) in [4.78, 5) is 13.9. The number of hydrogen-bond acceptors (Lipinski definition) is 5. The van der Waals surface area contributed by atoms with Crippen molar-refractivity contribution >= 4 is 5.91 Å². The third-order valence-electron chi connectivity index (χ3n) is 3.44. The van der Waals surface area contributed by atoms with Crippen LogP contribution in [0.25, 0.3) is 11.5 Å². The van der Waals surface area contributed by atoms with Crippen molar-refractivity contribution in [3.8, 4) is 11.5 Å². The van der Waals surface area contributed by atoms with Gasteiger partial charge in [-0.15, -0.1) is 10.2 Å². The maximum Gasteiger partial charge on any atom is 0.247 e. The van der Waals surface area contributed by atoms with E-state index < -0.39 is 0 Å². The summed E-state index contributed by atoms with van der Waals surface area (Å²) in [5.74, 6) is 0.995. The molecule has 1 aromatic carbocycles. The second-order valence-electron chi connectivity index (χ2n) is 5.87. The van der Waals surface area contributed by atoms with Gasteiger partial charge in [0.25, 0.3) is 0 Å². The lowest BCUT2D eigenvalue weighted by atomic mass is 10.1. The minimum Gasteiger partial charge on any atom is -0.421 e. The normalized spacial score (nSPS) is 11.0. The number of carbonyl (C=O) groups is 1. The van der Waals surface area contributed by atoms with Crippen molar-refractivity contribution in [2.75, 3.05) is 27.2 Å². The number of carbonyl (C=O) groups excluding carboxylic acids is 1. The van der Waals surface area contributed by atoms with Gasteiger partial charge in [-0.2, -0.15) is 0 Å². The van der Waals surface area contributed by atoms with Crippen LogP contribution in [-0.2, 0) is 11.2 Å². The molecule has 2 rings (SSSR count). The second kappa shape index (κ2) is 8.43. The third kappa shape index (κ3) is 5.83. The van der Waals surface area contributed by atoms with Crippen molar-refractivity contribution in [1.29, 1.82) is 0 Å². The van der Waals surface area contributed by atoms with E-state index in [9.17, 15) is 4.79 Å². The lowest BCUT2D eigenvalue weighted by Crippen LogP contribution is -2.27. The molecule has 0 unspecified atom stereocenters. The summed E-state index contributed by atoms with van der Waals surface area (Å²) in [6.45, 7) is 3.68. The number of aromatic nitrogens is 2. The van der Waals surface area contributed by atoms with Crippen LogP contribution < -0.4 is 5.32 Å². The molecule has 6 nitrogen and oxygen atoms in total. The first-order valence-electron chi connectivity index (χ1n) is 7.85. The van der Waals surface area contributed by atoms with Gasteiger partial charge in [-0.25, -0.2) is 0 Å². The summed E-state index contributed by atoms with van der Waals surface area (Å²) in [5, 5.41) is 10.9. The molecule has 6 heteroatoms. The van der Waals surface area contributed by atoms with Gasteiger partial charge in [-0.05, 0) is 46.1 Å². The molecule has 0 aliphatic carbocycles. The fraction of sp³-hybridized carbons (Fsp3) is 0.471. The van der Waals surface area contributed by atoms with Gasteiger partial charge >= 0.3 is 0 Å². The Morgan fingerprint density at radius 2 is 1.96 bits per heavy atom. The molecule has 0 spiro atoms. The van der Waals surface area contributed by atoms with E-state index in [0.29, 0.717) is 31.2 Å². The molecule has 0 saturated carbocycles. The number of nitrogens with one attached hydrogen (secondary N) is 1. The number of nitrogens with zero attached hydrogens (tertiary/aromatic N) is 3. The van der Waals surface area contributed by atoms with Crippen molar-refractivity contribution in [2.24, 2.45) is 0 Å². The van der Waals surface area contributed by atoms with E-state index in [0.717, 1.165) is 18.5 Å². The summed E-state index contributed by atoms with van der Waals surface area (Å²) >= 11 is 0. The van der Waals surface area contributed by atoms with Crippen molar-refractivity contribution in [1.82, 2.24) is 20.4 Å². The van der Waals surface area contributed by atoms with Crippen LogP contribution >= 0.6 is 0 Å². The van der Waals surface area contributed by atoms with E-state index in [1.165, 1.54) is 5.56 Å². The second-order valence-corrected chi connectivity index (χ2v) is 5.87. The largest absolute Gasteiger partial charge is 0.421 e. The predicted molar refractivity (Wildman–Crippen MR) is 89.0 cm³/mol. The highest BCUT2D eigenvalue weighted by atomic mass is 16.4. The van der Waals surface area contributed by atoms with Gasteiger partial charge in [0, 0.05) is 24.9 Å². The molecule has 0 atom stereocenters. The number of aryl methyl sites for hydroxylation is 2. The van der Waals surface area contributed by atoms with Crippen LogP contribution in [0.4, 0.5) is 0 Å². The fourth-order valence-corrected chi connectivity index (χ4v) is 2.10. The maximum atomic E-state index is 11.8. The first-order valence-corrected chi connectivity index (χ1v) is 7.85. The van der Waals surface area contributed by atoms with E-state index in [4.69, 9.17) is 4.42 Å². The molecule has 0 fully saturated rings. The summed E-state index contributed by atoms with van der Waals surface area (Å²) in [7, 11) is 4.03. The smallest absolute Gasteiger partial charge is 0.247 e. The Morgan fingerprint density at radius 3 is 2.65 bits per heavy atom. The van der Waals surface area contributed by atoms with Crippen LogP contribution in [0.1, 0.15) is 24.3 Å². The first-order chi connectivity index (χ1) is 11.0. The Bertz CT molecular complexity index is 620. The molecule has 1 N–H and O–H groups in total. The molecule has 0 radical (unpaired) electrons. The molecule has 0 bridgehead atoms. The van der Waals surface area contributed by atoms with E-state index in [1.54, 1.807) is 0 Å². The average molecular weight is 316 g/mol. The molecule has 1 heterocycles. The van der Waals surface area contributed by atoms with E-state index in [2.05, 4.69) is 20.4 Å². The quantitative estimate of drug-likeness (QED) is 0.755. The summed E-state index contributed by atoms with van der Waals surface area (Å²) < 4.78 is 5.61. The van der Waals surface area contributed by atoms with Gasteiger partial charge in [-0.3, -0.25) is 4.79 Å². The topological polar surface area (TPSA) is 71.3 Å². The molecule has 2 aromatic rings. The third-order valence-corrected chi connectivity index (χ3v) is 3.44. The zero-order valence-corrected chi connectivity index (χ0v) is 14.0. The molecule has 124 valence electrons. The van der Waals surface area contributed by atoms with E-state index in [-0.39, 0.29) is 5.91 Å². The van der Waals surface area contributed by atoms with Gasteiger partial charge in [0.1, 0.15) is 0 Å². The summed E-state index contributed by atoms with van der Waals surface area (Å²) in [6.07, 6.45) is 1.76. The van der Waals surface area contributed by atoms with Crippen molar-refractivity contribution in [3.63, 3.8) is 0 Å². The maximum absolute atomic E-state index is 11.8. The Labute approximate surface area is 136 Å². The van der Waals surface area contributed by atoms with Gasteiger partial charge in [0.15, 0.2) is 0 Å². The van der Waals surface area contributed by atoms with Gasteiger partial charge in [0.05, 0.1) is 0 Å². The van der Waals surface area contributed by atoms with Gasteiger partial charge < -0.3 is 14.6 Å². The van der Waals surface area contributed by atoms with Crippen LogP contribution in [0.2, 0.25) is 0 Å². The highest BCUT2D eigenvalue weighted by Crippen LogP contribution is 2.18. The molecular formula is C17H24N4O2. The molecule has 23 heavy (non-hydrogen) atoms. The zero-order valence-electron chi connectivity index (χ0n) is 14.0. The van der Waals surface area contributed by atoms with Crippen LogP contribution in [0, 0.1) is 6.92 Å². The molecule has 1 aromatic heterocycles. The lowest BCUT2D eigenvalue weighted by Gasteiger charge is -2.09. The van der Waals surface area contributed by atoms with Crippen LogP contribution in [-0.4, -0.2) is 48.2 Å². The minimum absolute atomic E-state index is 0.0128. The molecule has 0 aliphatic heterocycles. The standard InChI is InChI=1S/C17H24N4O2/c1-13-5-7-14(8-6-13)17-20-19-16(23-17)10-9-15(22)18-11-4-12-21(2)3/h5-8H,4,9-12H2,1-3H3,(H,18,22). The monoisotopic (exact) mass is 316 g/mol. The van der Waals surface area contributed by atoms with E-state index in [1.807, 2.05) is 45.3 Å². The number of rotatable bonds is 8. The average Bonchev–Trinajstić information content (AvgIpc) is 2.99. The summed E-state index contributed by atoms with van der Waals surface area (Å²) in [5.41, 5.74) is 2.07. The van der Waals surface area contributed by atoms with Gasteiger partial charge in [-0.1, -0.05) is 17.7 Å². The lowest BCUT2D eigenvalue weighted by molar-refractivity contribution is -0.121. The van der Waals surface area contributed by atoms with Crippen molar-refractivity contribution < 1.29 is 9.21 Å². The SMILES string of the molecule is Cc1ccc(-c2nnc(CCC(=O)NCCCN(C)C)o2)cc1. The Morgan fingerprint density at radius 1 is 1.22 bits per heavy atom. The first kappa shape index (κ1) is 17.1. The molecule has 0 saturated heterocycles. The molecular weight excluding hydrogens is 292 g/mol. The minimum atomic E-state index is 0.0128. The number of benzene rings is 1. The molecule has 0 aliphatic rings. The predicted octanol–water partition coefficient (Wildman–Crippen LogP) is 2.05.